The van der Waals surface area contributed by atoms with Gasteiger partial charge in [-0.1, -0.05) is 62.4 Å². The first-order chi connectivity index (χ1) is 19.6. The minimum absolute atomic E-state index is 0.0640. The normalized spacial score (nSPS) is 17.3. The van der Waals surface area contributed by atoms with E-state index in [2.05, 4.69) is 15.6 Å². The predicted molar refractivity (Wildman–Crippen MR) is 156 cm³/mol. The van der Waals surface area contributed by atoms with E-state index in [4.69, 9.17) is 5.73 Å². The molecule has 1 aromatic heterocycles. The number of hydrogen-bond acceptors (Lipinski definition) is 5. The minimum Gasteiger partial charge on any atom is -0.480 e. The van der Waals surface area contributed by atoms with Gasteiger partial charge in [-0.05, 0) is 48.8 Å². The fourth-order valence-corrected chi connectivity index (χ4v) is 5.42. The maximum Gasteiger partial charge on any atom is 0.326 e. The number of aromatic nitrogens is 1. The number of carboxylic acids is 1. The second-order valence-corrected chi connectivity index (χ2v) is 11.1. The molecule has 218 valence electrons. The largest absolute Gasteiger partial charge is 0.480 e. The molecule has 0 radical (unpaired) electrons. The Morgan fingerprint density at radius 1 is 0.976 bits per heavy atom. The first kappa shape index (κ1) is 29.8. The molecule has 3 aromatic rings. The maximum absolute atomic E-state index is 13.8. The van der Waals surface area contributed by atoms with Gasteiger partial charge >= 0.3 is 5.97 Å². The zero-order valence-corrected chi connectivity index (χ0v) is 23.5. The number of carboxylic acid groups (broad SMARTS) is 1. The molecule has 4 rings (SSSR count). The number of aliphatic carboxylic acids is 1. The van der Waals surface area contributed by atoms with E-state index in [0.717, 1.165) is 22.0 Å². The van der Waals surface area contributed by atoms with Crippen LogP contribution in [0.25, 0.3) is 10.9 Å². The van der Waals surface area contributed by atoms with Crippen molar-refractivity contribution in [2.45, 2.75) is 70.1 Å². The van der Waals surface area contributed by atoms with Gasteiger partial charge in [0.15, 0.2) is 0 Å². The Balaban J connectivity index is 1.54. The topological polar surface area (TPSA) is 158 Å². The lowest BCUT2D eigenvalue weighted by Gasteiger charge is -2.29. The molecule has 1 aliphatic heterocycles. The van der Waals surface area contributed by atoms with Crippen LogP contribution in [0.3, 0.4) is 0 Å². The molecule has 0 spiro atoms. The molecule has 6 N–H and O–H groups in total. The highest BCUT2D eigenvalue weighted by Gasteiger charge is 2.38. The summed E-state index contributed by atoms with van der Waals surface area (Å²) in [7, 11) is 0. The third kappa shape index (κ3) is 7.52. The molecule has 1 saturated heterocycles. The first-order valence-electron chi connectivity index (χ1n) is 14.1. The molecule has 1 fully saturated rings. The molecule has 41 heavy (non-hydrogen) atoms. The van der Waals surface area contributed by atoms with Crippen molar-refractivity contribution in [2.75, 3.05) is 6.54 Å². The summed E-state index contributed by atoms with van der Waals surface area (Å²) >= 11 is 0. The Hall–Kier alpha value is -4.18. The van der Waals surface area contributed by atoms with Gasteiger partial charge in [0, 0.05) is 30.1 Å². The Morgan fingerprint density at radius 3 is 2.37 bits per heavy atom. The van der Waals surface area contributed by atoms with Gasteiger partial charge in [0.1, 0.15) is 18.1 Å². The number of para-hydroxylation sites is 1. The number of fused-ring (bicyclic) bond motifs is 1. The lowest BCUT2D eigenvalue weighted by atomic mass is 9.99. The first-order valence-corrected chi connectivity index (χ1v) is 14.1. The van der Waals surface area contributed by atoms with Crippen LogP contribution in [0, 0.1) is 5.92 Å². The molecule has 10 nitrogen and oxygen atoms in total. The van der Waals surface area contributed by atoms with Gasteiger partial charge in [-0.15, -0.1) is 0 Å². The second-order valence-electron chi connectivity index (χ2n) is 11.1. The summed E-state index contributed by atoms with van der Waals surface area (Å²) < 4.78 is 0. The van der Waals surface area contributed by atoms with Gasteiger partial charge in [-0.3, -0.25) is 14.4 Å². The number of hydrogen-bond donors (Lipinski definition) is 5. The van der Waals surface area contributed by atoms with Crippen LogP contribution in [0.2, 0.25) is 0 Å². The van der Waals surface area contributed by atoms with E-state index in [1.54, 1.807) is 6.20 Å². The second kappa shape index (κ2) is 13.5. The van der Waals surface area contributed by atoms with Gasteiger partial charge in [0.2, 0.25) is 17.7 Å². The quantitative estimate of drug-likeness (QED) is 0.228. The molecule has 4 unspecified atom stereocenters. The third-order valence-electron chi connectivity index (χ3n) is 7.51. The van der Waals surface area contributed by atoms with Crippen LogP contribution >= 0.6 is 0 Å². The monoisotopic (exact) mass is 561 g/mol. The number of nitrogens with two attached hydrogens (primary N) is 1. The van der Waals surface area contributed by atoms with Gasteiger partial charge in [-0.2, -0.15) is 0 Å². The van der Waals surface area contributed by atoms with Gasteiger partial charge in [0.25, 0.3) is 0 Å². The summed E-state index contributed by atoms with van der Waals surface area (Å²) in [6, 6.07) is 13.3. The van der Waals surface area contributed by atoms with Crippen LogP contribution in [0.5, 0.6) is 0 Å². The molecule has 0 saturated carbocycles. The van der Waals surface area contributed by atoms with Crippen LogP contribution < -0.4 is 16.4 Å². The number of likely N-dealkylation sites (tertiary alicyclic amines) is 1. The lowest BCUT2D eigenvalue weighted by Crippen LogP contribution is -2.58. The van der Waals surface area contributed by atoms with Crippen LogP contribution in [0.4, 0.5) is 0 Å². The molecule has 2 aromatic carbocycles. The Morgan fingerprint density at radius 2 is 1.66 bits per heavy atom. The summed E-state index contributed by atoms with van der Waals surface area (Å²) in [5.41, 5.74) is 8.80. The van der Waals surface area contributed by atoms with Crippen molar-refractivity contribution < 1.29 is 24.3 Å². The van der Waals surface area contributed by atoms with Gasteiger partial charge < -0.3 is 31.4 Å². The van der Waals surface area contributed by atoms with E-state index in [1.807, 2.05) is 68.4 Å². The standard InChI is InChI=1S/C31H39N5O5/c1-19(2)15-25(34-28(37)23(32)16-20-9-4-3-5-10-20)29(38)35-26(30(39)36-14-8-13-27(36)31(40)41)17-21-18-33-24-12-7-6-11-22(21)24/h3-7,9-12,18-19,23,25-27,33H,8,13-17,32H2,1-2H3,(H,34,37)(H,35,38)(H,40,41). The number of carbonyl (C=O) groups is 4. The number of aromatic amines is 1. The highest BCUT2D eigenvalue weighted by molar-refractivity contribution is 5.95. The zero-order valence-electron chi connectivity index (χ0n) is 23.5. The summed E-state index contributed by atoms with van der Waals surface area (Å²) in [4.78, 5) is 56.9. The molecule has 0 bridgehead atoms. The highest BCUT2D eigenvalue weighted by atomic mass is 16.4. The summed E-state index contributed by atoms with van der Waals surface area (Å²) in [6.07, 6.45) is 3.54. The van der Waals surface area contributed by atoms with Gasteiger partial charge in [-0.25, -0.2) is 4.79 Å². The van der Waals surface area contributed by atoms with Crippen molar-refractivity contribution in [1.29, 1.82) is 0 Å². The molecule has 0 aliphatic carbocycles. The van der Waals surface area contributed by atoms with Crippen molar-refractivity contribution in [3.63, 3.8) is 0 Å². The number of H-pyrrole nitrogens is 1. The minimum atomic E-state index is -1.06. The highest BCUT2D eigenvalue weighted by Crippen LogP contribution is 2.23. The van der Waals surface area contributed by atoms with Crippen LogP contribution in [-0.4, -0.2) is 69.4 Å². The third-order valence-corrected chi connectivity index (χ3v) is 7.51. The molecule has 3 amide bonds. The molecule has 1 aliphatic rings. The number of nitrogens with one attached hydrogen (secondary N) is 3. The number of rotatable bonds is 12. The number of nitrogens with zero attached hydrogens (tertiary/aromatic N) is 1. The zero-order chi connectivity index (χ0) is 29.5. The fraction of sp³-hybridized carbons (Fsp3) is 0.419. The number of benzene rings is 2. The number of amides is 3. The van der Waals surface area contributed by atoms with E-state index in [9.17, 15) is 24.3 Å². The van der Waals surface area contributed by atoms with Crippen LogP contribution in [-0.2, 0) is 32.0 Å². The predicted octanol–water partition coefficient (Wildman–Crippen LogP) is 2.37. The van der Waals surface area contributed by atoms with Crippen molar-refractivity contribution in [1.82, 2.24) is 20.5 Å². The molecular weight excluding hydrogens is 522 g/mol. The summed E-state index contributed by atoms with van der Waals surface area (Å²) in [6.45, 7) is 4.18. The summed E-state index contributed by atoms with van der Waals surface area (Å²) in [5.74, 6) is -2.42. The smallest absolute Gasteiger partial charge is 0.326 e. The average Bonchev–Trinajstić information content (AvgIpc) is 3.60. The molecular formula is C31H39N5O5. The van der Waals surface area contributed by atoms with E-state index in [1.165, 1.54) is 4.90 Å². The lowest BCUT2D eigenvalue weighted by molar-refractivity contribution is -0.149. The molecule has 4 atom stereocenters. The SMILES string of the molecule is CC(C)CC(NC(=O)C(N)Cc1ccccc1)C(=O)NC(Cc1c[nH]c2ccccc12)C(=O)N1CCCC1C(=O)O. The Kier molecular flexibility index (Phi) is 9.78. The molecule has 10 heteroatoms. The van der Waals surface area contributed by atoms with Crippen molar-refractivity contribution in [3.8, 4) is 0 Å². The molecule has 2 heterocycles. The average molecular weight is 562 g/mol. The van der Waals surface area contributed by atoms with Crippen LogP contribution in [0.15, 0.2) is 60.8 Å². The van der Waals surface area contributed by atoms with Crippen molar-refractivity contribution in [2.24, 2.45) is 11.7 Å². The Labute approximate surface area is 239 Å². The van der Waals surface area contributed by atoms with Crippen molar-refractivity contribution in [3.05, 3.63) is 71.9 Å². The summed E-state index contributed by atoms with van der Waals surface area (Å²) in [5, 5.41) is 16.3. The van der Waals surface area contributed by atoms with Crippen molar-refractivity contribution >= 4 is 34.6 Å². The fourth-order valence-electron chi connectivity index (χ4n) is 5.42. The van der Waals surface area contributed by atoms with E-state index >= 15 is 0 Å². The van der Waals surface area contributed by atoms with Gasteiger partial charge in [0.05, 0.1) is 6.04 Å². The number of carbonyl (C=O) groups excluding carboxylic acids is 3. The maximum atomic E-state index is 13.8. The van der Waals surface area contributed by atoms with E-state index in [-0.39, 0.29) is 12.3 Å². The Bertz CT molecular complexity index is 1370. The van der Waals surface area contributed by atoms with E-state index < -0.39 is 47.9 Å². The van der Waals surface area contributed by atoms with E-state index in [0.29, 0.717) is 32.2 Å². The van der Waals surface area contributed by atoms with Crippen LogP contribution in [0.1, 0.15) is 44.2 Å².